The third-order valence-electron chi connectivity index (χ3n) is 5.20. The summed E-state index contributed by atoms with van der Waals surface area (Å²) >= 11 is 0. The number of oxazole rings is 1. The van der Waals surface area contributed by atoms with Gasteiger partial charge in [-0.2, -0.15) is 4.31 Å². The molecular weight excluding hydrogens is 368 g/mol. The van der Waals surface area contributed by atoms with Gasteiger partial charge in [-0.3, -0.25) is 4.57 Å². The van der Waals surface area contributed by atoms with Crippen LogP contribution in [0.1, 0.15) is 24.1 Å². The topological polar surface area (TPSA) is 81.8 Å². The second-order valence-corrected chi connectivity index (χ2v) is 8.55. The smallest absolute Gasteiger partial charge is 0.419 e. The van der Waals surface area contributed by atoms with Gasteiger partial charge in [0.15, 0.2) is 5.58 Å². The molecule has 0 radical (unpaired) electrons. The highest BCUT2D eigenvalue weighted by molar-refractivity contribution is 7.89. The van der Waals surface area contributed by atoms with Crippen molar-refractivity contribution in [3.05, 3.63) is 58.1 Å². The highest BCUT2D eigenvalue weighted by Gasteiger charge is 2.34. The lowest BCUT2D eigenvalue weighted by Gasteiger charge is -2.34. The fourth-order valence-corrected chi connectivity index (χ4v) is 5.28. The van der Waals surface area contributed by atoms with Gasteiger partial charge in [-0.15, -0.1) is 0 Å². The van der Waals surface area contributed by atoms with Crippen LogP contribution in [-0.4, -0.2) is 30.9 Å². The zero-order chi connectivity index (χ0) is 19.3. The van der Waals surface area contributed by atoms with E-state index in [1.165, 1.54) is 21.0 Å². The monoisotopic (exact) mass is 388 g/mol. The van der Waals surface area contributed by atoms with E-state index >= 15 is 0 Å². The Labute approximate surface area is 156 Å². The minimum atomic E-state index is -3.73. The van der Waals surface area contributed by atoms with Crippen LogP contribution in [0.4, 0.5) is 0 Å². The van der Waals surface area contributed by atoms with Crippen molar-refractivity contribution in [2.24, 2.45) is 7.05 Å². The molecule has 0 spiro atoms. The summed E-state index contributed by atoms with van der Waals surface area (Å²) in [5.41, 5.74) is 2.89. The molecule has 3 aromatic rings. The molecule has 0 amide bonds. The first-order valence-corrected chi connectivity index (χ1v) is 10.0. The van der Waals surface area contributed by atoms with Crippen LogP contribution >= 0.6 is 0 Å². The predicted molar refractivity (Wildman–Crippen MR) is 100 cm³/mol. The number of fused-ring (bicyclic) bond motifs is 2. The summed E-state index contributed by atoms with van der Waals surface area (Å²) in [5.74, 6) is 0.246. The number of sulfonamides is 1. The Morgan fingerprint density at radius 3 is 2.70 bits per heavy atom. The Bertz CT molecular complexity index is 1190. The highest BCUT2D eigenvalue weighted by atomic mass is 32.2. The van der Waals surface area contributed by atoms with Crippen LogP contribution < -0.4 is 10.5 Å². The number of aryl methyl sites for hydroxylation is 1. The number of aromatic nitrogens is 1. The maximum atomic E-state index is 13.2. The van der Waals surface area contributed by atoms with Gasteiger partial charge < -0.3 is 9.15 Å². The van der Waals surface area contributed by atoms with Crippen LogP contribution in [-0.2, 0) is 23.5 Å². The van der Waals surface area contributed by atoms with Crippen molar-refractivity contribution in [2.75, 3.05) is 13.7 Å². The molecule has 4 rings (SSSR count). The van der Waals surface area contributed by atoms with Gasteiger partial charge in [0.2, 0.25) is 10.0 Å². The Balaban J connectivity index is 1.74. The molecule has 1 aromatic heterocycles. The molecule has 0 aliphatic carbocycles. The molecule has 27 heavy (non-hydrogen) atoms. The molecule has 0 saturated carbocycles. The van der Waals surface area contributed by atoms with E-state index in [-0.39, 0.29) is 16.5 Å². The van der Waals surface area contributed by atoms with Gasteiger partial charge in [0.05, 0.1) is 17.5 Å². The lowest BCUT2D eigenvalue weighted by molar-refractivity contribution is 0.325. The molecule has 8 heteroatoms. The van der Waals surface area contributed by atoms with E-state index in [0.29, 0.717) is 18.5 Å². The van der Waals surface area contributed by atoms with Crippen LogP contribution in [0.15, 0.2) is 50.5 Å². The van der Waals surface area contributed by atoms with E-state index in [1.807, 2.05) is 25.1 Å². The molecular formula is C19H20N2O5S. The average Bonchev–Trinajstić information content (AvgIpc) is 2.95. The van der Waals surface area contributed by atoms with Crippen molar-refractivity contribution in [2.45, 2.75) is 24.3 Å². The maximum Gasteiger partial charge on any atom is 0.419 e. The second kappa shape index (κ2) is 6.24. The summed E-state index contributed by atoms with van der Waals surface area (Å²) in [6.07, 6.45) is 0.610. The summed E-state index contributed by atoms with van der Waals surface area (Å²) in [4.78, 5) is 11.8. The summed E-state index contributed by atoms with van der Waals surface area (Å²) in [5, 5.41) is 0. The van der Waals surface area contributed by atoms with E-state index in [0.717, 1.165) is 16.9 Å². The van der Waals surface area contributed by atoms with Crippen molar-refractivity contribution in [3.8, 4) is 5.75 Å². The van der Waals surface area contributed by atoms with Gasteiger partial charge in [-0.25, -0.2) is 13.2 Å². The van der Waals surface area contributed by atoms with Gasteiger partial charge in [-0.1, -0.05) is 6.07 Å². The number of nitrogens with zero attached hydrogens (tertiary/aromatic N) is 2. The van der Waals surface area contributed by atoms with Gasteiger partial charge in [0, 0.05) is 25.7 Å². The first-order valence-electron chi connectivity index (χ1n) is 8.61. The van der Waals surface area contributed by atoms with Crippen LogP contribution in [0, 0.1) is 0 Å². The fourth-order valence-electron chi connectivity index (χ4n) is 3.65. The molecule has 0 bridgehead atoms. The Morgan fingerprint density at radius 2 is 1.96 bits per heavy atom. The Kier molecular flexibility index (Phi) is 4.12. The number of hydrogen-bond donors (Lipinski definition) is 0. The molecule has 7 nitrogen and oxygen atoms in total. The zero-order valence-electron chi connectivity index (χ0n) is 15.3. The minimum Gasteiger partial charge on any atom is -0.497 e. The largest absolute Gasteiger partial charge is 0.497 e. The van der Waals surface area contributed by atoms with Crippen LogP contribution in [0.3, 0.4) is 0 Å². The van der Waals surface area contributed by atoms with Gasteiger partial charge >= 0.3 is 5.76 Å². The molecule has 0 N–H and O–H groups in total. The van der Waals surface area contributed by atoms with Crippen molar-refractivity contribution in [1.82, 2.24) is 8.87 Å². The van der Waals surface area contributed by atoms with Crippen molar-refractivity contribution >= 4 is 21.1 Å². The van der Waals surface area contributed by atoms with Crippen molar-refractivity contribution in [3.63, 3.8) is 0 Å². The first-order chi connectivity index (χ1) is 12.8. The molecule has 1 unspecified atom stereocenters. The third kappa shape index (κ3) is 2.76. The second-order valence-electron chi connectivity index (χ2n) is 6.66. The molecule has 2 aromatic carbocycles. The molecule has 142 valence electrons. The van der Waals surface area contributed by atoms with E-state index in [2.05, 4.69) is 0 Å². The summed E-state index contributed by atoms with van der Waals surface area (Å²) in [7, 11) is -0.536. The van der Waals surface area contributed by atoms with Gasteiger partial charge in [0.25, 0.3) is 0 Å². The molecule has 1 aliphatic heterocycles. The summed E-state index contributed by atoms with van der Waals surface area (Å²) in [6.45, 7) is 2.25. The van der Waals surface area contributed by atoms with E-state index in [1.54, 1.807) is 20.2 Å². The predicted octanol–water partition coefficient (Wildman–Crippen LogP) is 2.45. The lowest BCUT2D eigenvalue weighted by Crippen LogP contribution is -2.38. The highest BCUT2D eigenvalue weighted by Crippen LogP contribution is 2.35. The first kappa shape index (κ1) is 17.8. The number of ether oxygens (including phenoxy) is 1. The van der Waals surface area contributed by atoms with Gasteiger partial charge in [-0.05, 0) is 48.7 Å². The van der Waals surface area contributed by atoms with Crippen LogP contribution in [0.25, 0.3) is 11.1 Å². The standard InChI is InChI=1S/C19H20N2O5S/c1-12-16-6-4-14(25-3)10-13(16)8-9-21(12)27(23,24)15-5-7-17-18(11-15)26-19(22)20(17)2/h4-7,10-12H,8-9H2,1-3H3. The number of rotatable bonds is 3. The summed E-state index contributed by atoms with van der Waals surface area (Å²) in [6, 6.07) is 9.95. The normalized spacial score (nSPS) is 17.8. The van der Waals surface area contributed by atoms with Gasteiger partial charge in [0.1, 0.15) is 5.75 Å². The van der Waals surface area contributed by atoms with E-state index in [9.17, 15) is 13.2 Å². The molecule has 0 fully saturated rings. The Morgan fingerprint density at radius 1 is 1.19 bits per heavy atom. The average molecular weight is 388 g/mol. The SMILES string of the molecule is COc1ccc2c(c1)CCN(S(=O)(=O)c1ccc3c(c1)oc(=O)n3C)C2C. The fraction of sp³-hybridized carbons (Fsp3) is 0.316. The quantitative estimate of drug-likeness (QED) is 0.688. The lowest BCUT2D eigenvalue weighted by atomic mass is 9.95. The van der Waals surface area contributed by atoms with Crippen LogP contribution in [0.2, 0.25) is 0 Å². The third-order valence-corrected chi connectivity index (χ3v) is 7.17. The minimum absolute atomic E-state index is 0.119. The Hall–Kier alpha value is -2.58. The molecule has 2 heterocycles. The maximum absolute atomic E-state index is 13.2. The number of hydrogen-bond acceptors (Lipinski definition) is 5. The van der Waals surface area contributed by atoms with Crippen molar-refractivity contribution < 1.29 is 17.6 Å². The molecule has 1 atom stereocenters. The van der Waals surface area contributed by atoms with E-state index < -0.39 is 15.8 Å². The molecule has 1 aliphatic rings. The van der Waals surface area contributed by atoms with Crippen molar-refractivity contribution in [1.29, 1.82) is 0 Å². The number of benzene rings is 2. The summed E-state index contributed by atoms with van der Waals surface area (Å²) < 4.78 is 39.7. The zero-order valence-corrected chi connectivity index (χ0v) is 16.1. The molecule has 0 saturated heterocycles. The van der Waals surface area contributed by atoms with E-state index in [4.69, 9.17) is 9.15 Å². The number of methoxy groups -OCH3 is 1. The van der Waals surface area contributed by atoms with Crippen LogP contribution in [0.5, 0.6) is 5.75 Å².